The summed E-state index contributed by atoms with van der Waals surface area (Å²) < 4.78 is 5.26. The molecule has 1 fully saturated rings. The van der Waals surface area contributed by atoms with Crippen LogP contribution in [0.5, 0.6) is 0 Å². The number of rotatable bonds is 7. The summed E-state index contributed by atoms with van der Waals surface area (Å²) in [6.45, 7) is 12.8. The zero-order chi connectivity index (χ0) is 24.8. The average molecular weight is 460 g/mol. The molecule has 184 valence electrons. The van der Waals surface area contributed by atoms with E-state index in [1.165, 1.54) is 6.42 Å². The van der Waals surface area contributed by atoms with E-state index in [1.807, 2.05) is 45.9 Å². The van der Waals surface area contributed by atoms with Crippen LogP contribution in [0.1, 0.15) is 89.5 Å². The molecule has 1 aliphatic rings. The van der Waals surface area contributed by atoms with Gasteiger partial charge >= 0.3 is 6.09 Å². The summed E-state index contributed by atoms with van der Waals surface area (Å²) in [5.74, 6) is -0.499. The number of alkyl carbamates (subject to hydrolysis) is 1. The fourth-order valence-electron chi connectivity index (χ4n) is 4.47. The number of hydrogen-bond donors (Lipinski definition) is 2. The van der Waals surface area contributed by atoms with E-state index in [0.29, 0.717) is 0 Å². The van der Waals surface area contributed by atoms with Crippen molar-refractivity contribution in [1.29, 1.82) is 0 Å². The van der Waals surface area contributed by atoms with Crippen LogP contribution in [0.15, 0.2) is 18.2 Å². The predicted molar refractivity (Wildman–Crippen MR) is 130 cm³/mol. The first kappa shape index (κ1) is 26.7. The highest BCUT2D eigenvalue weighted by Gasteiger charge is 2.36. The van der Waals surface area contributed by atoms with Crippen LogP contribution in [0.2, 0.25) is 0 Å². The van der Waals surface area contributed by atoms with E-state index < -0.39 is 17.7 Å². The molecule has 0 bridgehead atoms. The Morgan fingerprint density at radius 2 is 1.64 bits per heavy atom. The Labute approximate surface area is 198 Å². The van der Waals surface area contributed by atoms with Crippen molar-refractivity contribution >= 4 is 17.9 Å². The smallest absolute Gasteiger partial charge is 0.408 e. The van der Waals surface area contributed by atoms with Crippen LogP contribution in [0.4, 0.5) is 4.79 Å². The molecular weight excluding hydrogens is 418 g/mol. The van der Waals surface area contributed by atoms with Crippen molar-refractivity contribution in [1.82, 2.24) is 15.5 Å². The van der Waals surface area contributed by atoms with Crippen molar-refractivity contribution in [2.75, 3.05) is 6.54 Å². The molecule has 7 nitrogen and oxygen atoms in total. The first-order valence-corrected chi connectivity index (χ1v) is 12.0. The molecule has 0 aliphatic heterocycles. The number of carbonyl (C=O) groups is 3. The molecule has 1 atom stereocenters. The van der Waals surface area contributed by atoms with Crippen LogP contribution in [-0.2, 0) is 14.3 Å². The summed E-state index contributed by atoms with van der Waals surface area (Å²) in [5, 5.41) is 5.76. The van der Waals surface area contributed by atoms with Crippen molar-refractivity contribution in [3.63, 3.8) is 0 Å². The second kappa shape index (κ2) is 11.5. The Morgan fingerprint density at radius 3 is 2.15 bits per heavy atom. The standard InChI is InChI=1S/C26H41N3O4/c1-17(2)29(21(30)16-27-25(32)33-26(5,6)7)23(22-18(3)12-11-13-19(22)4)24(31)28-20-14-9-8-10-15-20/h11-13,17,20,23H,8-10,14-16H2,1-7H3,(H,27,32)(H,28,31). The van der Waals surface area contributed by atoms with Gasteiger partial charge in [-0.1, -0.05) is 37.5 Å². The zero-order valence-electron chi connectivity index (χ0n) is 21.3. The maximum Gasteiger partial charge on any atom is 0.408 e. The van der Waals surface area contributed by atoms with Gasteiger partial charge in [-0.15, -0.1) is 0 Å². The predicted octanol–water partition coefficient (Wildman–Crippen LogP) is 4.56. The van der Waals surface area contributed by atoms with Crippen molar-refractivity contribution in [2.45, 2.75) is 104 Å². The van der Waals surface area contributed by atoms with Crippen molar-refractivity contribution in [3.8, 4) is 0 Å². The molecule has 1 aromatic rings. The highest BCUT2D eigenvalue weighted by atomic mass is 16.6. The number of carbonyl (C=O) groups excluding carboxylic acids is 3. The number of amides is 3. The minimum absolute atomic E-state index is 0.127. The van der Waals surface area contributed by atoms with Crippen molar-refractivity contribution in [2.24, 2.45) is 0 Å². The van der Waals surface area contributed by atoms with E-state index >= 15 is 0 Å². The van der Waals surface area contributed by atoms with E-state index in [-0.39, 0.29) is 30.4 Å². The Morgan fingerprint density at radius 1 is 1.06 bits per heavy atom. The lowest BCUT2D eigenvalue weighted by Gasteiger charge is -2.37. The molecule has 33 heavy (non-hydrogen) atoms. The Hall–Kier alpha value is -2.57. The molecule has 2 N–H and O–H groups in total. The zero-order valence-corrected chi connectivity index (χ0v) is 21.3. The van der Waals surface area contributed by atoms with E-state index in [4.69, 9.17) is 4.74 Å². The first-order valence-electron chi connectivity index (χ1n) is 12.0. The summed E-state index contributed by atoms with van der Waals surface area (Å²) in [7, 11) is 0. The number of benzene rings is 1. The van der Waals surface area contributed by atoms with Gasteiger partial charge in [0.15, 0.2) is 0 Å². The summed E-state index contributed by atoms with van der Waals surface area (Å²) in [6, 6.07) is 4.98. The van der Waals surface area contributed by atoms with E-state index in [1.54, 1.807) is 25.7 Å². The van der Waals surface area contributed by atoms with Crippen LogP contribution in [0, 0.1) is 13.8 Å². The Bertz CT molecular complexity index is 818. The summed E-state index contributed by atoms with van der Waals surface area (Å²) >= 11 is 0. The monoisotopic (exact) mass is 459 g/mol. The second-order valence-electron chi connectivity index (χ2n) is 10.3. The number of nitrogens with zero attached hydrogens (tertiary/aromatic N) is 1. The minimum atomic E-state index is -0.777. The molecule has 3 amide bonds. The molecule has 1 aromatic carbocycles. The first-order chi connectivity index (χ1) is 15.4. The third kappa shape index (κ3) is 7.76. The summed E-state index contributed by atoms with van der Waals surface area (Å²) in [5.41, 5.74) is 2.09. The summed E-state index contributed by atoms with van der Waals surface area (Å²) in [4.78, 5) is 40.7. The molecule has 2 rings (SSSR count). The highest BCUT2D eigenvalue weighted by molar-refractivity contribution is 5.91. The largest absolute Gasteiger partial charge is 0.444 e. The topological polar surface area (TPSA) is 87.7 Å². The van der Waals surface area contributed by atoms with Gasteiger partial charge in [-0.25, -0.2) is 4.79 Å². The van der Waals surface area contributed by atoms with E-state index in [9.17, 15) is 14.4 Å². The molecule has 0 aromatic heterocycles. The van der Waals surface area contributed by atoms with Crippen LogP contribution in [0.3, 0.4) is 0 Å². The molecule has 0 saturated heterocycles. The number of nitrogens with one attached hydrogen (secondary N) is 2. The third-order valence-electron chi connectivity index (χ3n) is 5.92. The SMILES string of the molecule is Cc1cccc(C)c1C(C(=O)NC1CCCCC1)N(C(=O)CNC(=O)OC(C)(C)C)C(C)C. The van der Waals surface area contributed by atoms with E-state index in [0.717, 1.165) is 42.4 Å². The Balaban J connectivity index is 2.33. The van der Waals surface area contributed by atoms with Gasteiger partial charge in [-0.3, -0.25) is 9.59 Å². The lowest BCUT2D eigenvalue weighted by atomic mass is 9.91. The van der Waals surface area contributed by atoms with Gasteiger partial charge in [0, 0.05) is 12.1 Å². The average Bonchev–Trinajstić information content (AvgIpc) is 2.70. The summed E-state index contributed by atoms with van der Waals surface area (Å²) in [6.07, 6.45) is 4.66. The third-order valence-corrected chi connectivity index (χ3v) is 5.92. The van der Waals surface area contributed by atoms with Crippen LogP contribution in [-0.4, -0.2) is 47.0 Å². The highest BCUT2D eigenvalue weighted by Crippen LogP contribution is 2.30. The maximum absolute atomic E-state index is 13.7. The van der Waals surface area contributed by atoms with Gasteiger partial charge in [0.1, 0.15) is 18.2 Å². The number of aryl methyl sites for hydroxylation is 2. The molecule has 0 radical (unpaired) electrons. The number of ether oxygens (including phenoxy) is 1. The van der Waals surface area contributed by atoms with Crippen LogP contribution >= 0.6 is 0 Å². The van der Waals surface area contributed by atoms with Gasteiger partial charge in [0.2, 0.25) is 11.8 Å². The van der Waals surface area contributed by atoms with Crippen molar-refractivity contribution in [3.05, 3.63) is 34.9 Å². The van der Waals surface area contributed by atoms with Gasteiger partial charge in [0.25, 0.3) is 0 Å². The van der Waals surface area contributed by atoms with Gasteiger partial charge in [0.05, 0.1) is 0 Å². The molecule has 0 spiro atoms. The van der Waals surface area contributed by atoms with E-state index in [2.05, 4.69) is 10.6 Å². The van der Waals surface area contributed by atoms with Crippen LogP contribution in [0.25, 0.3) is 0 Å². The minimum Gasteiger partial charge on any atom is -0.444 e. The lowest BCUT2D eigenvalue weighted by Crippen LogP contribution is -2.52. The maximum atomic E-state index is 13.7. The van der Waals surface area contributed by atoms with Crippen LogP contribution < -0.4 is 10.6 Å². The molecule has 1 saturated carbocycles. The molecule has 0 heterocycles. The number of hydrogen-bond acceptors (Lipinski definition) is 4. The van der Waals surface area contributed by atoms with Gasteiger partial charge in [-0.05, 0) is 78.0 Å². The van der Waals surface area contributed by atoms with Gasteiger partial charge in [-0.2, -0.15) is 0 Å². The molecule has 7 heteroatoms. The molecule has 1 aliphatic carbocycles. The fourth-order valence-corrected chi connectivity index (χ4v) is 4.47. The second-order valence-corrected chi connectivity index (χ2v) is 10.3. The molecule has 1 unspecified atom stereocenters. The van der Waals surface area contributed by atoms with Crippen molar-refractivity contribution < 1.29 is 19.1 Å². The normalized spacial score (nSPS) is 15.6. The molecular formula is C26H41N3O4. The van der Waals surface area contributed by atoms with Gasteiger partial charge < -0.3 is 20.3 Å². The lowest BCUT2D eigenvalue weighted by molar-refractivity contribution is -0.142. The fraction of sp³-hybridized carbons (Fsp3) is 0.654. The Kier molecular flexibility index (Phi) is 9.32. The quantitative estimate of drug-likeness (QED) is 0.626.